The molecule has 1 atom stereocenters. The van der Waals surface area contributed by atoms with Gasteiger partial charge in [-0.2, -0.15) is 0 Å². The first kappa shape index (κ1) is 14.6. The average molecular weight is 317 g/mol. The van der Waals surface area contributed by atoms with Crippen molar-refractivity contribution in [1.82, 2.24) is 5.43 Å². The fourth-order valence-corrected chi connectivity index (χ4v) is 3.11. The first-order chi connectivity index (χ1) is 9.15. The summed E-state index contributed by atoms with van der Waals surface area (Å²) in [5.74, 6) is 6.46. The van der Waals surface area contributed by atoms with E-state index in [4.69, 9.17) is 33.8 Å². The van der Waals surface area contributed by atoms with E-state index in [1.54, 1.807) is 24.5 Å². The number of hydrazine groups is 1. The zero-order valence-electron chi connectivity index (χ0n) is 10.3. The number of hydrogen-bond donors (Lipinski definition) is 2. The number of hydrogen-bond acceptors (Lipinski definition) is 4. The first-order valence-corrected chi connectivity index (χ1v) is 7.30. The van der Waals surface area contributed by atoms with E-state index in [0.717, 1.165) is 16.2 Å². The van der Waals surface area contributed by atoms with E-state index in [1.165, 1.54) is 0 Å². The molecule has 0 aliphatic carbocycles. The van der Waals surface area contributed by atoms with Crippen LogP contribution in [-0.4, -0.2) is 7.11 Å². The molecular weight excluding hydrogens is 303 g/mol. The molecule has 3 N–H and O–H groups in total. The van der Waals surface area contributed by atoms with Gasteiger partial charge < -0.3 is 4.74 Å². The molecule has 3 nitrogen and oxygen atoms in total. The summed E-state index contributed by atoms with van der Waals surface area (Å²) in [5.41, 5.74) is 3.77. The minimum Gasteiger partial charge on any atom is -0.496 e. The molecule has 2 aromatic rings. The minimum atomic E-state index is -0.0233. The van der Waals surface area contributed by atoms with Gasteiger partial charge in [0.1, 0.15) is 5.75 Å². The van der Waals surface area contributed by atoms with Crippen molar-refractivity contribution in [3.8, 4) is 5.75 Å². The summed E-state index contributed by atoms with van der Waals surface area (Å²) in [4.78, 5) is 1.09. The van der Waals surface area contributed by atoms with Crippen LogP contribution in [0.15, 0.2) is 29.6 Å². The van der Waals surface area contributed by atoms with Gasteiger partial charge in [-0.15, -0.1) is 11.3 Å². The number of thiophene rings is 1. The Morgan fingerprint density at radius 2 is 2.21 bits per heavy atom. The highest BCUT2D eigenvalue weighted by Crippen LogP contribution is 2.32. The van der Waals surface area contributed by atoms with Crippen LogP contribution in [-0.2, 0) is 6.42 Å². The Hall–Kier alpha value is -0.780. The molecule has 102 valence electrons. The van der Waals surface area contributed by atoms with Gasteiger partial charge in [0.15, 0.2) is 0 Å². The van der Waals surface area contributed by atoms with Crippen LogP contribution in [0.5, 0.6) is 5.75 Å². The number of benzene rings is 1. The van der Waals surface area contributed by atoms with Crippen LogP contribution < -0.4 is 16.0 Å². The lowest BCUT2D eigenvalue weighted by molar-refractivity contribution is 0.415. The van der Waals surface area contributed by atoms with E-state index < -0.39 is 0 Å². The van der Waals surface area contributed by atoms with Gasteiger partial charge in [-0.3, -0.25) is 11.3 Å². The maximum absolute atomic E-state index is 6.19. The Morgan fingerprint density at radius 3 is 2.84 bits per heavy atom. The standard InChI is InChI=1S/C13H14Cl2N2OS/c1-18-9-6-12(19-7-9)11(17-16)5-8-3-2-4-10(14)13(8)15/h2-4,6-7,11,17H,5,16H2,1H3. The zero-order chi connectivity index (χ0) is 13.8. The number of rotatable bonds is 5. The number of ether oxygens (including phenoxy) is 1. The van der Waals surface area contributed by atoms with Crippen molar-refractivity contribution in [3.63, 3.8) is 0 Å². The maximum Gasteiger partial charge on any atom is 0.129 e. The second-order valence-corrected chi connectivity index (χ2v) is 5.75. The first-order valence-electron chi connectivity index (χ1n) is 5.67. The largest absolute Gasteiger partial charge is 0.496 e. The van der Waals surface area contributed by atoms with Crippen LogP contribution in [0.1, 0.15) is 16.5 Å². The molecular formula is C13H14Cl2N2OS. The molecule has 6 heteroatoms. The average Bonchev–Trinajstić information content (AvgIpc) is 2.89. The Kier molecular flexibility index (Phi) is 5.07. The third-order valence-electron chi connectivity index (χ3n) is 2.83. The van der Waals surface area contributed by atoms with E-state index in [-0.39, 0.29) is 6.04 Å². The van der Waals surface area contributed by atoms with E-state index >= 15 is 0 Å². The summed E-state index contributed by atoms with van der Waals surface area (Å²) in [6.45, 7) is 0. The Bertz CT molecular complexity index is 559. The van der Waals surface area contributed by atoms with Crippen LogP contribution in [0, 0.1) is 0 Å². The van der Waals surface area contributed by atoms with E-state index in [2.05, 4.69) is 5.43 Å². The summed E-state index contributed by atoms with van der Waals surface area (Å²) in [5, 5.41) is 3.07. The normalized spacial score (nSPS) is 12.4. The highest BCUT2D eigenvalue weighted by Gasteiger charge is 2.16. The van der Waals surface area contributed by atoms with Crippen molar-refractivity contribution >= 4 is 34.5 Å². The van der Waals surface area contributed by atoms with E-state index in [9.17, 15) is 0 Å². The van der Waals surface area contributed by atoms with Crippen LogP contribution in [0.2, 0.25) is 10.0 Å². The quantitative estimate of drug-likeness (QED) is 0.651. The van der Waals surface area contributed by atoms with Crippen molar-refractivity contribution in [3.05, 3.63) is 50.1 Å². The van der Waals surface area contributed by atoms with Crippen LogP contribution in [0.25, 0.3) is 0 Å². The number of halogens is 2. The van der Waals surface area contributed by atoms with Gasteiger partial charge in [-0.1, -0.05) is 35.3 Å². The molecule has 0 spiro atoms. The van der Waals surface area contributed by atoms with Gasteiger partial charge in [-0.25, -0.2) is 0 Å². The topological polar surface area (TPSA) is 47.3 Å². The van der Waals surface area contributed by atoms with E-state index in [0.29, 0.717) is 16.5 Å². The van der Waals surface area contributed by atoms with Crippen molar-refractivity contribution < 1.29 is 4.74 Å². The summed E-state index contributed by atoms with van der Waals surface area (Å²) in [6.07, 6.45) is 0.666. The lowest BCUT2D eigenvalue weighted by Crippen LogP contribution is -2.29. The molecule has 1 aromatic carbocycles. The van der Waals surface area contributed by atoms with Gasteiger partial charge in [0, 0.05) is 10.3 Å². The van der Waals surface area contributed by atoms with Gasteiger partial charge in [0.25, 0.3) is 0 Å². The monoisotopic (exact) mass is 316 g/mol. The predicted octanol–water partition coefficient (Wildman–Crippen LogP) is 3.81. The Morgan fingerprint density at radius 1 is 1.42 bits per heavy atom. The second-order valence-electron chi connectivity index (χ2n) is 4.03. The number of nitrogens with two attached hydrogens (primary N) is 1. The summed E-state index contributed by atoms with van der Waals surface area (Å²) >= 11 is 13.8. The molecule has 19 heavy (non-hydrogen) atoms. The lowest BCUT2D eigenvalue weighted by atomic mass is 10.1. The maximum atomic E-state index is 6.19. The highest BCUT2D eigenvalue weighted by molar-refractivity contribution is 7.10. The van der Waals surface area contributed by atoms with Gasteiger partial charge in [-0.05, 0) is 24.1 Å². The third-order valence-corrected chi connectivity index (χ3v) is 4.71. The lowest BCUT2D eigenvalue weighted by Gasteiger charge is -2.15. The summed E-state index contributed by atoms with van der Waals surface area (Å²) in [7, 11) is 1.64. The van der Waals surface area contributed by atoms with Crippen LogP contribution in [0.4, 0.5) is 0 Å². The van der Waals surface area contributed by atoms with Crippen molar-refractivity contribution in [1.29, 1.82) is 0 Å². The fraction of sp³-hybridized carbons (Fsp3) is 0.231. The number of nitrogens with one attached hydrogen (secondary N) is 1. The van der Waals surface area contributed by atoms with Gasteiger partial charge in [0.05, 0.1) is 23.2 Å². The Balaban J connectivity index is 2.21. The molecule has 0 saturated carbocycles. The van der Waals surface area contributed by atoms with Crippen LogP contribution >= 0.6 is 34.5 Å². The second kappa shape index (κ2) is 6.59. The third kappa shape index (κ3) is 3.41. The molecule has 0 fully saturated rings. The fourth-order valence-electron chi connectivity index (χ4n) is 1.79. The smallest absolute Gasteiger partial charge is 0.129 e. The Labute approximate surface area is 126 Å². The molecule has 2 rings (SSSR count). The predicted molar refractivity (Wildman–Crippen MR) is 81.1 cm³/mol. The van der Waals surface area contributed by atoms with Crippen LogP contribution in [0.3, 0.4) is 0 Å². The van der Waals surface area contributed by atoms with Gasteiger partial charge in [0.2, 0.25) is 0 Å². The SMILES string of the molecule is COc1csc(C(Cc2cccc(Cl)c2Cl)NN)c1. The van der Waals surface area contributed by atoms with E-state index in [1.807, 2.05) is 23.6 Å². The molecule has 0 bridgehead atoms. The molecule has 0 aliphatic rings. The van der Waals surface area contributed by atoms with Crippen molar-refractivity contribution in [2.24, 2.45) is 5.84 Å². The summed E-state index contributed by atoms with van der Waals surface area (Å²) in [6, 6.07) is 7.54. The zero-order valence-corrected chi connectivity index (χ0v) is 12.6. The molecule has 1 heterocycles. The van der Waals surface area contributed by atoms with Crippen molar-refractivity contribution in [2.45, 2.75) is 12.5 Å². The molecule has 1 aromatic heterocycles. The molecule has 0 aliphatic heterocycles. The van der Waals surface area contributed by atoms with Gasteiger partial charge >= 0.3 is 0 Å². The molecule has 0 saturated heterocycles. The summed E-state index contributed by atoms with van der Waals surface area (Å²) < 4.78 is 5.18. The molecule has 0 amide bonds. The highest BCUT2D eigenvalue weighted by atomic mass is 35.5. The van der Waals surface area contributed by atoms with Crippen molar-refractivity contribution in [2.75, 3.05) is 7.11 Å². The molecule has 1 unspecified atom stereocenters. The number of methoxy groups -OCH3 is 1. The minimum absolute atomic E-state index is 0.0233. The molecule has 0 radical (unpaired) electrons.